The number of carbonyl (C=O) groups is 1. The Labute approximate surface area is 241 Å². The van der Waals surface area contributed by atoms with Gasteiger partial charge in [0, 0.05) is 17.1 Å². The Morgan fingerprint density at radius 3 is 2.37 bits per heavy atom. The van der Waals surface area contributed by atoms with Gasteiger partial charge in [-0.2, -0.15) is 5.10 Å². The van der Waals surface area contributed by atoms with Crippen molar-refractivity contribution in [2.75, 3.05) is 0 Å². The predicted molar refractivity (Wildman–Crippen MR) is 156 cm³/mol. The molecule has 2 aromatic heterocycles. The Morgan fingerprint density at radius 2 is 1.66 bits per heavy atom. The number of hydrogen-bond acceptors (Lipinski definition) is 5. The van der Waals surface area contributed by atoms with Crippen LogP contribution in [0.3, 0.4) is 0 Å². The molecule has 0 spiro atoms. The second-order valence-corrected chi connectivity index (χ2v) is 9.71. The number of aryl methyl sites for hydroxylation is 2. The van der Waals surface area contributed by atoms with Gasteiger partial charge in [0.25, 0.3) is 0 Å². The van der Waals surface area contributed by atoms with E-state index >= 15 is 0 Å². The van der Waals surface area contributed by atoms with Crippen LogP contribution in [0.25, 0.3) is 5.69 Å². The first-order valence-electron chi connectivity index (χ1n) is 12.8. The quantitative estimate of drug-likeness (QED) is 0.140. The monoisotopic (exact) mass is 571 g/mol. The SMILES string of the molecule is Cc1ccc(C)n1-c1ccc(OCc2ccc(C(=O)N/N=C/c3ccc(OCc4ccc(F)cc4)c(Cl)c3)o2)cc1. The normalized spacial score (nSPS) is 11.1. The third-order valence-corrected chi connectivity index (χ3v) is 6.57. The standard InChI is InChI=1S/C32H27ClFN3O4/c1-21-3-4-22(2)37(21)26-10-12-27(13-11-26)39-20-28-14-16-31(41-28)32(38)36-35-18-24-7-15-30(29(33)17-24)40-19-23-5-8-25(34)9-6-23/h3-18H,19-20H2,1-2H3,(H,36,38)/b35-18+. The number of amides is 1. The van der Waals surface area contributed by atoms with E-state index in [2.05, 4.69) is 41.1 Å². The van der Waals surface area contributed by atoms with Crippen LogP contribution in [0.15, 0.2) is 101 Å². The third-order valence-electron chi connectivity index (χ3n) is 6.28. The van der Waals surface area contributed by atoms with Gasteiger partial charge in [0.05, 0.1) is 11.2 Å². The number of carbonyl (C=O) groups excluding carboxylic acids is 1. The lowest BCUT2D eigenvalue weighted by molar-refractivity contribution is 0.0923. The first kappa shape index (κ1) is 27.7. The fourth-order valence-electron chi connectivity index (χ4n) is 4.18. The van der Waals surface area contributed by atoms with Gasteiger partial charge >= 0.3 is 5.91 Å². The van der Waals surface area contributed by atoms with Crippen LogP contribution in [0.5, 0.6) is 11.5 Å². The number of furan rings is 1. The molecule has 2 heterocycles. The lowest BCUT2D eigenvalue weighted by atomic mass is 10.2. The minimum atomic E-state index is -0.500. The van der Waals surface area contributed by atoms with E-state index in [0.717, 1.165) is 22.6 Å². The number of halogens is 2. The Bertz CT molecular complexity index is 1650. The van der Waals surface area contributed by atoms with E-state index in [4.69, 9.17) is 25.5 Å². The molecule has 9 heteroatoms. The van der Waals surface area contributed by atoms with Crippen LogP contribution in [0.1, 0.15) is 38.8 Å². The van der Waals surface area contributed by atoms with Gasteiger partial charge in [0.1, 0.15) is 36.3 Å². The largest absolute Gasteiger partial charge is 0.487 e. The molecule has 0 saturated carbocycles. The summed E-state index contributed by atoms with van der Waals surface area (Å²) in [5.41, 5.74) is 7.29. The molecule has 0 fully saturated rings. The average Bonchev–Trinajstić information content (AvgIpc) is 3.58. The van der Waals surface area contributed by atoms with Crippen LogP contribution in [0.2, 0.25) is 5.02 Å². The number of aromatic nitrogens is 1. The smallest absolute Gasteiger partial charge is 0.307 e. The van der Waals surface area contributed by atoms with Crippen molar-refractivity contribution in [3.05, 3.63) is 136 Å². The molecule has 0 saturated heterocycles. The number of nitrogens with one attached hydrogen (secondary N) is 1. The number of ether oxygens (including phenoxy) is 2. The van der Waals surface area contributed by atoms with Gasteiger partial charge in [-0.25, -0.2) is 9.82 Å². The predicted octanol–water partition coefficient (Wildman–Crippen LogP) is 7.40. The molecule has 0 unspecified atom stereocenters. The van der Waals surface area contributed by atoms with Crippen LogP contribution >= 0.6 is 11.6 Å². The van der Waals surface area contributed by atoms with Crippen molar-refractivity contribution >= 4 is 23.7 Å². The zero-order valence-electron chi connectivity index (χ0n) is 22.4. The lowest BCUT2D eigenvalue weighted by Gasteiger charge is -2.10. The Hall–Kier alpha value is -4.82. The summed E-state index contributed by atoms with van der Waals surface area (Å²) >= 11 is 6.32. The fourth-order valence-corrected chi connectivity index (χ4v) is 4.42. The van der Waals surface area contributed by atoms with E-state index in [0.29, 0.717) is 27.8 Å². The molecule has 41 heavy (non-hydrogen) atoms. The van der Waals surface area contributed by atoms with Gasteiger partial charge in [0.15, 0.2) is 5.76 Å². The van der Waals surface area contributed by atoms with Crippen molar-refractivity contribution in [1.29, 1.82) is 0 Å². The van der Waals surface area contributed by atoms with Crippen molar-refractivity contribution in [2.45, 2.75) is 27.1 Å². The highest BCUT2D eigenvalue weighted by atomic mass is 35.5. The number of hydrazone groups is 1. The summed E-state index contributed by atoms with van der Waals surface area (Å²) in [5, 5.41) is 4.36. The third kappa shape index (κ3) is 7.04. The summed E-state index contributed by atoms with van der Waals surface area (Å²) in [6.45, 7) is 4.55. The Balaban J connectivity index is 1.10. The highest BCUT2D eigenvalue weighted by Gasteiger charge is 2.11. The summed E-state index contributed by atoms with van der Waals surface area (Å²) < 4.78 is 32.4. The van der Waals surface area contributed by atoms with E-state index in [1.54, 1.807) is 42.5 Å². The van der Waals surface area contributed by atoms with E-state index in [1.807, 2.05) is 24.3 Å². The van der Waals surface area contributed by atoms with Gasteiger partial charge in [-0.1, -0.05) is 23.7 Å². The molecule has 1 amide bonds. The summed E-state index contributed by atoms with van der Waals surface area (Å²) in [5.74, 6) is 0.971. The molecule has 0 aliphatic carbocycles. The van der Waals surface area contributed by atoms with Gasteiger partial charge in [-0.05, 0) is 104 Å². The molecule has 3 aromatic carbocycles. The molecule has 5 aromatic rings. The summed E-state index contributed by atoms with van der Waals surface area (Å²) in [7, 11) is 0. The second kappa shape index (κ2) is 12.6. The van der Waals surface area contributed by atoms with Gasteiger partial charge in [0.2, 0.25) is 0 Å². The number of rotatable bonds is 10. The van der Waals surface area contributed by atoms with Crippen molar-refractivity contribution in [3.63, 3.8) is 0 Å². The minimum Gasteiger partial charge on any atom is -0.487 e. The molecule has 0 radical (unpaired) electrons. The lowest BCUT2D eigenvalue weighted by Crippen LogP contribution is -2.16. The first-order chi connectivity index (χ1) is 19.9. The number of hydrogen-bond donors (Lipinski definition) is 1. The second-order valence-electron chi connectivity index (χ2n) is 9.30. The van der Waals surface area contributed by atoms with E-state index in [9.17, 15) is 9.18 Å². The van der Waals surface area contributed by atoms with Gasteiger partial charge < -0.3 is 18.5 Å². The van der Waals surface area contributed by atoms with Crippen molar-refractivity contribution in [2.24, 2.45) is 5.10 Å². The molecule has 7 nitrogen and oxygen atoms in total. The maximum Gasteiger partial charge on any atom is 0.307 e. The summed E-state index contributed by atoms with van der Waals surface area (Å²) in [4.78, 5) is 12.5. The van der Waals surface area contributed by atoms with Crippen molar-refractivity contribution in [3.8, 4) is 17.2 Å². The zero-order valence-corrected chi connectivity index (χ0v) is 23.2. The van der Waals surface area contributed by atoms with Crippen LogP contribution in [0, 0.1) is 19.7 Å². The number of benzene rings is 3. The summed E-state index contributed by atoms with van der Waals surface area (Å²) in [6, 6.07) is 26.3. The molecule has 0 bridgehead atoms. The van der Waals surface area contributed by atoms with Crippen molar-refractivity contribution in [1.82, 2.24) is 9.99 Å². The van der Waals surface area contributed by atoms with Crippen LogP contribution in [-0.2, 0) is 13.2 Å². The summed E-state index contributed by atoms with van der Waals surface area (Å²) in [6.07, 6.45) is 1.46. The number of nitrogens with zero attached hydrogens (tertiary/aromatic N) is 2. The Kier molecular flexibility index (Phi) is 8.50. The molecular formula is C32H27ClFN3O4. The Morgan fingerprint density at radius 1 is 0.927 bits per heavy atom. The maximum absolute atomic E-state index is 13.0. The van der Waals surface area contributed by atoms with Crippen LogP contribution in [-0.4, -0.2) is 16.7 Å². The molecule has 208 valence electrons. The average molecular weight is 572 g/mol. The first-order valence-corrected chi connectivity index (χ1v) is 13.2. The molecule has 0 aliphatic heterocycles. The fraction of sp³-hybridized carbons (Fsp3) is 0.125. The molecule has 1 N–H and O–H groups in total. The minimum absolute atomic E-state index is 0.109. The molecular weight excluding hydrogens is 545 g/mol. The van der Waals surface area contributed by atoms with E-state index in [1.165, 1.54) is 18.3 Å². The van der Waals surface area contributed by atoms with Crippen molar-refractivity contribution < 1.29 is 23.1 Å². The zero-order chi connectivity index (χ0) is 28.8. The topological polar surface area (TPSA) is 78.0 Å². The van der Waals surface area contributed by atoms with E-state index in [-0.39, 0.29) is 24.8 Å². The molecule has 0 atom stereocenters. The molecule has 5 rings (SSSR count). The highest BCUT2D eigenvalue weighted by molar-refractivity contribution is 6.32. The highest BCUT2D eigenvalue weighted by Crippen LogP contribution is 2.26. The van der Waals surface area contributed by atoms with Crippen LogP contribution in [0.4, 0.5) is 4.39 Å². The maximum atomic E-state index is 13.0. The van der Waals surface area contributed by atoms with E-state index < -0.39 is 5.91 Å². The van der Waals surface area contributed by atoms with Gasteiger partial charge in [-0.15, -0.1) is 0 Å². The van der Waals surface area contributed by atoms with Crippen LogP contribution < -0.4 is 14.9 Å². The van der Waals surface area contributed by atoms with Gasteiger partial charge in [-0.3, -0.25) is 4.79 Å². The molecule has 0 aliphatic rings.